The minimum atomic E-state index is -0.142. The summed E-state index contributed by atoms with van der Waals surface area (Å²) in [5.41, 5.74) is 2.48. The minimum absolute atomic E-state index is 0.123. The van der Waals surface area contributed by atoms with Gasteiger partial charge in [-0.2, -0.15) is 0 Å². The zero-order chi connectivity index (χ0) is 24.0. The van der Waals surface area contributed by atoms with Crippen molar-refractivity contribution in [1.82, 2.24) is 10.2 Å². The molecule has 3 rings (SSSR count). The van der Waals surface area contributed by atoms with Crippen molar-refractivity contribution < 1.29 is 19.1 Å². The van der Waals surface area contributed by atoms with E-state index in [0.29, 0.717) is 62.4 Å². The van der Waals surface area contributed by atoms with Gasteiger partial charge in [0.2, 0.25) is 11.8 Å². The van der Waals surface area contributed by atoms with E-state index >= 15 is 0 Å². The predicted octanol–water partition coefficient (Wildman–Crippen LogP) is 3.48. The molecule has 0 radical (unpaired) electrons. The van der Waals surface area contributed by atoms with Gasteiger partial charge in [0.05, 0.1) is 13.2 Å². The molecule has 1 aliphatic heterocycles. The molecular weight excluding hydrogens is 418 g/mol. The Morgan fingerprint density at radius 1 is 1.12 bits per heavy atom. The van der Waals surface area contributed by atoms with Crippen molar-refractivity contribution in [3.8, 4) is 0 Å². The number of carbonyl (C=O) groups excluding carboxylic acids is 3. The zero-order valence-corrected chi connectivity index (χ0v) is 20.2. The van der Waals surface area contributed by atoms with Crippen molar-refractivity contribution in [2.45, 2.75) is 40.5 Å². The third-order valence-corrected chi connectivity index (χ3v) is 6.83. The molecule has 180 valence electrons. The van der Waals surface area contributed by atoms with Crippen LogP contribution in [-0.2, 0) is 14.3 Å². The smallest absolute Gasteiger partial charge is 0.251 e. The van der Waals surface area contributed by atoms with Gasteiger partial charge in [0.1, 0.15) is 0 Å². The van der Waals surface area contributed by atoms with Gasteiger partial charge < -0.3 is 20.3 Å². The molecule has 1 heterocycles. The minimum Gasteiger partial charge on any atom is -0.378 e. The van der Waals surface area contributed by atoms with Gasteiger partial charge in [0.15, 0.2) is 0 Å². The number of nitrogens with zero attached hydrogens (tertiary/aromatic N) is 1. The number of hydrogen-bond acceptors (Lipinski definition) is 4. The quantitative estimate of drug-likeness (QED) is 0.616. The lowest BCUT2D eigenvalue weighted by Gasteiger charge is -2.38. The van der Waals surface area contributed by atoms with Crippen molar-refractivity contribution in [3.05, 3.63) is 41.5 Å². The molecule has 1 saturated heterocycles. The maximum absolute atomic E-state index is 12.8. The van der Waals surface area contributed by atoms with E-state index in [1.54, 1.807) is 24.3 Å². The average molecular weight is 456 g/mol. The number of amides is 3. The molecule has 7 nitrogen and oxygen atoms in total. The number of anilines is 1. The van der Waals surface area contributed by atoms with E-state index in [-0.39, 0.29) is 29.6 Å². The van der Waals surface area contributed by atoms with Crippen LogP contribution in [0.15, 0.2) is 35.9 Å². The van der Waals surface area contributed by atoms with Crippen molar-refractivity contribution in [2.75, 3.05) is 38.2 Å². The standard InChI is InChI=1S/C26H37N3O4/c1-17(2)24-14-21(15-25(31)29-9-11-33-12-10-29)18(3)13-22(24)16-27-26(32)20-5-7-23(8-6-20)28-19(4)30/h5-8,13,17,21-22,24H,9-12,14-16H2,1-4H3,(H,27,32)(H,28,30)/t21-,22-,24-/m0/s1. The van der Waals surface area contributed by atoms with E-state index in [2.05, 4.69) is 37.5 Å². The molecule has 1 fully saturated rings. The molecule has 0 spiro atoms. The SMILES string of the molecule is CC(=O)Nc1ccc(C(=O)NC[C@@H]2C=C(C)[C@H](CC(=O)N3CCOCC3)C[C@H]2C(C)C)cc1. The Bertz CT molecular complexity index is 872. The summed E-state index contributed by atoms with van der Waals surface area (Å²) < 4.78 is 5.37. The van der Waals surface area contributed by atoms with Crippen LogP contribution in [0, 0.1) is 23.7 Å². The highest BCUT2D eigenvalue weighted by molar-refractivity contribution is 5.95. The molecule has 3 amide bonds. The van der Waals surface area contributed by atoms with Gasteiger partial charge in [-0.3, -0.25) is 14.4 Å². The van der Waals surface area contributed by atoms with Crippen LogP contribution in [-0.4, -0.2) is 55.5 Å². The van der Waals surface area contributed by atoms with Gasteiger partial charge in [0, 0.05) is 44.2 Å². The van der Waals surface area contributed by atoms with Crippen molar-refractivity contribution >= 4 is 23.4 Å². The number of carbonyl (C=O) groups is 3. The fourth-order valence-corrected chi connectivity index (χ4v) is 4.88. The number of hydrogen-bond donors (Lipinski definition) is 2. The lowest BCUT2D eigenvalue weighted by atomic mass is 9.69. The van der Waals surface area contributed by atoms with E-state index in [9.17, 15) is 14.4 Å². The lowest BCUT2D eigenvalue weighted by molar-refractivity contribution is -0.136. The molecule has 1 aliphatic carbocycles. The van der Waals surface area contributed by atoms with Crippen LogP contribution in [0.2, 0.25) is 0 Å². The number of benzene rings is 1. The molecular formula is C26H37N3O4. The summed E-state index contributed by atoms with van der Waals surface area (Å²) >= 11 is 0. The Labute approximate surface area is 196 Å². The summed E-state index contributed by atoms with van der Waals surface area (Å²) in [6, 6.07) is 6.90. The summed E-state index contributed by atoms with van der Waals surface area (Å²) in [7, 11) is 0. The topological polar surface area (TPSA) is 87.7 Å². The number of rotatable bonds is 7. The first kappa shape index (κ1) is 25.0. The van der Waals surface area contributed by atoms with Gasteiger partial charge in [0.25, 0.3) is 5.91 Å². The first-order valence-corrected chi connectivity index (χ1v) is 11.9. The summed E-state index contributed by atoms with van der Waals surface area (Å²) in [6.07, 6.45) is 3.78. The molecule has 0 unspecified atom stereocenters. The third-order valence-electron chi connectivity index (χ3n) is 6.83. The monoisotopic (exact) mass is 455 g/mol. The van der Waals surface area contributed by atoms with Crippen LogP contribution in [0.5, 0.6) is 0 Å². The second kappa shape index (κ2) is 11.5. The Morgan fingerprint density at radius 3 is 2.39 bits per heavy atom. The van der Waals surface area contributed by atoms with E-state index in [4.69, 9.17) is 4.74 Å². The maximum atomic E-state index is 12.8. The highest BCUT2D eigenvalue weighted by Crippen LogP contribution is 2.39. The molecule has 1 aromatic rings. The third kappa shape index (κ3) is 6.90. The molecule has 2 aliphatic rings. The Balaban J connectivity index is 1.60. The molecule has 0 bridgehead atoms. The van der Waals surface area contributed by atoms with Crippen molar-refractivity contribution in [1.29, 1.82) is 0 Å². The number of nitrogens with one attached hydrogen (secondary N) is 2. The molecule has 1 aromatic carbocycles. The summed E-state index contributed by atoms with van der Waals surface area (Å²) in [5.74, 6) is 1.29. The molecule has 0 saturated carbocycles. The van der Waals surface area contributed by atoms with Crippen LogP contribution in [0.25, 0.3) is 0 Å². The highest BCUT2D eigenvalue weighted by atomic mass is 16.5. The summed E-state index contributed by atoms with van der Waals surface area (Å²) in [5, 5.41) is 5.79. The fourth-order valence-electron chi connectivity index (χ4n) is 4.88. The van der Waals surface area contributed by atoms with Crippen LogP contribution in [0.1, 0.15) is 50.9 Å². The van der Waals surface area contributed by atoms with Crippen LogP contribution in [0.4, 0.5) is 5.69 Å². The van der Waals surface area contributed by atoms with Gasteiger partial charge in [-0.1, -0.05) is 25.5 Å². The van der Waals surface area contributed by atoms with Crippen LogP contribution in [0.3, 0.4) is 0 Å². The number of morpholine rings is 1. The normalized spacial score (nSPS) is 23.1. The van der Waals surface area contributed by atoms with Crippen molar-refractivity contribution in [3.63, 3.8) is 0 Å². The Kier molecular flexibility index (Phi) is 8.67. The number of ether oxygens (including phenoxy) is 1. The second-order valence-electron chi connectivity index (χ2n) is 9.58. The van der Waals surface area contributed by atoms with Gasteiger partial charge in [-0.15, -0.1) is 0 Å². The molecule has 33 heavy (non-hydrogen) atoms. The van der Waals surface area contributed by atoms with Crippen LogP contribution < -0.4 is 10.6 Å². The molecule has 3 atom stereocenters. The predicted molar refractivity (Wildman–Crippen MR) is 129 cm³/mol. The lowest BCUT2D eigenvalue weighted by Crippen LogP contribution is -2.42. The first-order chi connectivity index (χ1) is 15.7. The Morgan fingerprint density at radius 2 is 1.79 bits per heavy atom. The maximum Gasteiger partial charge on any atom is 0.251 e. The second-order valence-corrected chi connectivity index (χ2v) is 9.58. The summed E-state index contributed by atoms with van der Waals surface area (Å²) in [6.45, 7) is 11.2. The van der Waals surface area contributed by atoms with Gasteiger partial charge in [-0.05, 0) is 61.3 Å². The van der Waals surface area contributed by atoms with E-state index < -0.39 is 0 Å². The van der Waals surface area contributed by atoms with Crippen LogP contribution >= 0.6 is 0 Å². The fraction of sp³-hybridized carbons (Fsp3) is 0.577. The highest BCUT2D eigenvalue weighted by Gasteiger charge is 2.33. The Hall–Kier alpha value is -2.67. The van der Waals surface area contributed by atoms with Crippen molar-refractivity contribution in [2.24, 2.45) is 23.7 Å². The van der Waals surface area contributed by atoms with E-state index in [1.165, 1.54) is 12.5 Å². The largest absolute Gasteiger partial charge is 0.378 e. The van der Waals surface area contributed by atoms with Gasteiger partial charge >= 0.3 is 0 Å². The molecule has 7 heteroatoms. The van der Waals surface area contributed by atoms with E-state index in [1.807, 2.05) is 4.90 Å². The number of allylic oxidation sites excluding steroid dienone is 1. The van der Waals surface area contributed by atoms with E-state index in [0.717, 1.165) is 6.42 Å². The first-order valence-electron chi connectivity index (χ1n) is 11.9. The molecule has 0 aromatic heterocycles. The summed E-state index contributed by atoms with van der Waals surface area (Å²) in [4.78, 5) is 38.6. The molecule has 2 N–H and O–H groups in total. The van der Waals surface area contributed by atoms with Gasteiger partial charge in [-0.25, -0.2) is 0 Å². The zero-order valence-electron chi connectivity index (χ0n) is 20.2. The average Bonchev–Trinajstić information content (AvgIpc) is 2.79.